The van der Waals surface area contributed by atoms with Crippen LogP contribution in [0.3, 0.4) is 0 Å². The minimum absolute atomic E-state index is 0.193. The standard InChI is InChI=1S/C33H25FNOP.ClHO4/c34-28-23-21-26(22-24-28)25-32(35-33(36)27-13-5-1-6-14-27)37(29-15-7-2-8-16-29,30-17-9-3-10-18-30)31-19-11-4-12-20-31;2-1(3,4)5/h1-25H;(H,2,3,4,5). The van der Waals surface area contributed by atoms with Crippen LogP contribution in [0.4, 0.5) is 4.39 Å². The van der Waals surface area contributed by atoms with Crippen molar-refractivity contribution in [2.45, 2.75) is 0 Å². The van der Waals surface area contributed by atoms with Crippen LogP contribution in [-0.2, 0) is 0 Å². The van der Waals surface area contributed by atoms with Crippen molar-refractivity contribution >= 4 is 35.2 Å². The normalized spacial score (nSPS) is 11.7. The predicted octanol–water partition coefficient (Wildman–Crippen LogP) is 1.79. The number of nitrogens with one attached hydrogen (secondary N) is 1. The molecule has 0 aliphatic rings. The van der Waals surface area contributed by atoms with Crippen molar-refractivity contribution in [2.75, 3.05) is 0 Å². The first-order chi connectivity index (χ1) is 20.2. The third-order valence-corrected chi connectivity index (χ3v) is 10.4. The van der Waals surface area contributed by atoms with E-state index in [1.165, 1.54) is 12.1 Å². The van der Waals surface area contributed by atoms with E-state index in [0.717, 1.165) is 26.9 Å². The largest absolute Gasteiger partial charge is 0.292 e. The molecule has 212 valence electrons. The Hall–Kier alpha value is -4.20. The van der Waals surface area contributed by atoms with Crippen molar-refractivity contribution in [3.8, 4) is 0 Å². The molecule has 1 amide bonds. The number of halogens is 2. The fraction of sp³-hybridized carbons (Fsp3) is 0. The van der Waals surface area contributed by atoms with E-state index in [0.29, 0.717) is 5.56 Å². The van der Waals surface area contributed by atoms with Gasteiger partial charge < -0.3 is 0 Å². The summed E-state index contributed by atoms with van der Waals surface area (Å²) < 4.78 is 47.8. The number of hydrogen-bond acceptors (Lipinski definition) is 5. The molecule has 0 unspecified atom stereocenters. The van der Waals surface area contributed by atoms with Crippen LogP contribution in [-0.4, -0.2) is 5.91 Å². The smallest absolute Gasteiger partial charge is 0.258 e. The molecule has 0 spiro atoms. The number of carbonyl (C=O) groups is 1. The second-order valence-electron chi connectivity index (χ2n) is 8.96. The van der Waals surface area contributed by atoms with Crippen LogP contribution in [0.25, 0.3) is 6.08 Å². The van der Waals surface area contributed by atoms with Gasteiger partial charge in [0.05, 0.1) is 0 Å². The summed E-state index contributed by atoms with van der Waals surface area (Å²) in [5.41, 5.74) is 2.15. The molecule has 0 atom stereocenters. The zero-order valence-electron chi connectivity index (χ0n) is 22.2. The van der Waals surface area contributed by atoms with Crippen LogP contribution < -0.4 is 39.9 Å². The van der Waals surface area contributed by atoms with Crippen LogP contribution >= 0.6 is 7.26 Å². The number of benzene rings is 5. The van der Waals surface area contributed by atoms with E-state index >= 15 is 0 Å². The van der Waals surface area contributed by atoms with Crippen molar-refractivity contribution < 1.29 is 38.1 Å². The Morgan fingerprint density at radius 3 is 1.33 bits per heavy atom. The monoisotopic (exact) mass is 601 g/mol. The highest BCUT2D eigenvalue weighted by Gasteiger charge is 2.50. The summed E-state index contributed by atoms with van der Waals surface area (Å²) in [6.07, 6.45) is 1.99. The molecule has 0 bridgehead atoms. The molecular weight excluding hydrogens is 576 g/mol. The Morgan fingerprint density at radius 2 is 0.952 bits per heavy atom. The fourth-order valence-corrected chi connectivity index (χ4v) is 8.73. The molecule has 5 rings (SSSR count). The Kier molecular flexibility index (Phi) is 10.3. The number of amides is 1. The first-order valence-electron chi connectivity index (χ1n) is 12.7. The molecule has 6 nitrogen and oxygen atoms in total. The van der Waals surface area contributed by atoms with Crippen LogP contribution in [0.1, 0.15) is 15.9 Å². The van der Waals surface area contributed by atoms with Crippen LogP contribution in [0.15, 0.2) is 151 Å². The van der Waals surface area contributed by atoms with E-state index in [4.69, 9.17) is 18.6 Å². The first kappa shape index (κ1) is 30.8. The lowest BCUT2D eigenvalue weighted by Gasteiger charge is -2.29. The van der Waals surface area contributed by atoms with Gasteiger partial charge in [0, 0.05) is 11.6 Å². The third-order valence-electron chi connectivity index (χ3n) is 6.24. The van der Waals surface area contributed by atoms with Gasteiger partial charge in [0.2, 0.25) is 0 Å². The van der Waals surface area contributed by atoms with Gasteiger partial charge >= 0.3 is 0 Å². The molecule has 0 radical (unpaired) electrons. The molecule has 1 N–H and O–H groups in total. The molecule has 0 heterocycles. The van der Waals surface area contributed by atoms with Gasteiger partial charge in [0.15, 0.2) is 12.7 Å². The van der Waals surface area contributed by atoms with Crippen LogP contribution in [0.2, 0.25) is 0 Å². The Morgan fingerprint density at radius 1 is 0.595 bits per heavy atom. The summed E-state index contributed by atoms with van der Waals surface area (Å²) >= 11 is 0. The lowest BCUT2D eigenvalue weighted by atomic mass is 10.2. The fourth-order valence-electron chi connectivity index (χ4n) is 4.53. The predicted molar refractivity (Wildman–Crippen MR) is 153 cm³/mol. The molecule has 0 aliphatic heterocycles. The zero-order chi connectivity index (χ0) is 30.0. The summed E-state index contributed by atoms with van der Waals surface area (Å²) in [4.78, 5) is 13.6. The highest BCUT2D eigenvalue weighted by Crippen LogP contribution is 2.61. The third kappa shape index (κ3) is 7.96. The molecule has 0 aromatic heterocycles. The molecule has 42 heavy (non-hydrogen) atoms. The van der Waals surface area contributed by atoms with Gasteiger partial charge in [-0.1, -0.05) is 84.9 Å². The summed E-state index contributed by atoms with van der Waals surface area (Å²) in [7, 11) is -7.52. The van der Waals surface area contributed by atoms with E-state index in [1.807, 2.05) is 78.9 Å². The van der Waals surface area contributed by atoms with Crippen molar-refractivity contribution in [1.82, 2.24) is 5.32 Å². The Labute approximate surface area is 246 Å². The van der Waals surface area contributed by atoms with E-state index in [9.17, 15) is 9.18 Å². The maximum atomic E-state index is 13.8. The van der Waals surface area contributed by atoms with Gasteiger partial charge in [0.1, 0.15) is 21.7 Å². The highest BCUT2D eigenvalue weighted by atomic mass is 35.7. The van der Waals surface area contributed by atoms with Crippen molar-refractivity contribution in [1.29, 1.82) is 0 Å². The highest BCUT2D eigenvalue weighted by molar-refractivity contribution is 7.99. The van der Waals surface area contributed by atoms with Crippen molar-refractivity contribution in [3.05, 3.63) is 168 Å². The lowest BCUT2D eigenvalue weighted by Crippen LogP contribution is -2.68. The Balaban J connectivity index is 0.000000748. The summed E-state index contributed by atoms with van der Waals surface area (Å²) in [6, 6.07) is 46.5. The van der Waals surface area contributed by atoms with Crippen molar-refractivity contribution in [2.24, 2.45) is 0 Å². The molecule has 0 saturated heterocycles. The molecular formula is C33H26ClFNO5P. The van der Waals surface area contributed by atoms with Gasteiger partial charge in [-0.25, -0.2) is 23.0 Å². The first-order valence-corrected chi connectivity index (χ1v) is 15.7. The number of hydrogen-bond donors (Lipinski definition) is 1. The average molecular weight is 602 g/mol. The number of rotatable bonds is 7. The van der Waals surface area contributed by atoms with E-state index in [2.05, 4.69) is 41.7 Å². The van der Waals surface area contributed by atoms with Crippen molar-refractivity contribution in [3.63, 3.8) is 0 Å². The van der Waals surface area contributed by atoms with Gasteiger partial charge in [-0.05, 0) is 66.2 Å². The van der Waals surface area contributed by atoms with E-state index < -0.39 is 17.5 Å². The molecule has 0 saturated carbocycles. The van der Waals surface area contributed by atoms with E-state index in [1.54, 1.807) is 24.3 Å². The second-order valence-corrected chi connectivity index (χ2v) is 13.1. The second kappa shape index (κ2) is 14.1. The van der Waals surface area contributed by atoms with Gasteiger partial charge in [0.25, 0.3) is 5.91 Å². The van der Waals surface area contributed by atoms with Crippen LogP contribution in [0.5, 0.6) is 0 Å². The summed E-state index contributed by atoms with van der Waals surface area (Å²) in [5.74, 6) is -0.497. The molecule has 5 aromatic carbocycles. The Bertz CT molecular complexity index is 1500. The minimum Gasteiger partial charge on any atom is -0.292 e. The lowest BCUT2D eigenvalue weighted by molar-refractivity contribution is -2.00. The molecule has 5 aromatic rings. The van der Waals surface area contributed by atoms with Gasteiger partial charge in [-0.3, -0.25) is 10.1 Å². The van der Waals surface area contributed by atoms with Gasteiger partial charge in [-0.15, -0.1) is 10.2 Å². The maximum Gasteiger partial charge on any atom is 0.258 e. The average Bonchev–Trinajstić information content (AvgIpc) is 3.00. The zero-order valence-corrected chi connectivity index (χ0v) is 23.8. The summed E-state index contributed by atoms with van der Waals surface area (Å²) in [6.45, 7) is 0. The summed E-state index contributed by atoms with van der Waals surface area (Å²) in [5, 5.41) is 6.63. The van der Waals surface area contributed by atoms with Gasteiger partial charge in [-0.2, -0.15) is 0 Å². The number of carbonyl (C=O) groups excluding carboxylic acids is 1. The molecule has 0 fully saturated rings. The SMILES string of the molecule is O=C(NC(=Cc1ccc(F)cc1)[P+](c1ccccc1)(c1ccccc1)c1ccccc1)c1ccccc1.[O-][Cl+3]([O-])([O-])[O-]. The van der Waals surface area contributed by atoms with Crippen LogP contribution in [0, 0.1) is 16.1 Å². The molecule has 0 aliphatic carbocycles. The molecule has 9 heteroatoms. The van der Waals surface area contributed by atoms with E-state index in [-0.39, 0.29) is 11.7 Å². The maximum absolute atomic E-state index is 13.8. The quantitative estimate of drug-likeness (QED) is 0.285. The topological polar surface area (TPSA) is 121 Å². The minimum atomic E-state index is -4.94.